The zero-order valence-corrected chi connectivity index (χ0v) is 10.6. The van der Waals surface area contributed by atoms with Gasteiger partial charge in [-0.3, -0.25) is 0 Å². The number of carboxylic acids is 1. The summed E-state index contributed by atoms with van der Waals surface area (Å²) >= 11 is 0. The van der Waals surface area contributed by atoms with Crippen molar-refractivity contribution in [3.05, 3.63) is 23.9 Å². The molecule has 0 atom stereocenters. The van der Waals surface area contributed by atoms with Gasteiger partial charge in [-0.05, 0) is 30.9 Å². The molecule has 98 valence electrons. The maximum Gasteiger partial charge on any atom is 0.337 e. The molecule has 6 nitrogen and oxygen atoms in total. The van der Waals surface area contributed by atoms with Crippen LogP contribution >= 0.6 is 0 Å². The molecule has 0 aromatic carbocycles. The first-order chi connectivity index (χ1) is 8.38. The molecule has 0 aliphatic heterocycles. The molecule has 0 spiro atoms. The van der Waals surface area contributed by atoms with E-state index in [-0.39, 0.29) is 16.6 Å². The van der Waals surface area contributed by atoms with Crippen molar-refractivity contribution in [1.82, 2.24) is 9.71 Å². The Labute approximate surface area is 105 Å². The summed E-state index contributed by atoms with van der Waals surface area (Å²) in [6, 6.07) is 2.40. The van der Waals surface area contributed by atoms with E-state index in [1.165, 1.54) is 12.1 Å². The van der Waals surface area contributed by atoms with Gasteiger partial charge in [-0.2, -0.15) is 0 Å². The van der Waals surface area contributed by atoms with Gasteiger partial charge in [-0.25, -0.2) is 22.9 Å². The van der Waals surface area contributed by atoms with Gasteiger partial charge in [0.25, 0.3) is 10.0 Å². The highest BCUT2D eigenvalue weighted by molar-refractivity contribution is 7.89. The first kappa shape index (κ1) is 13.0. The zero-order chi connectivity index (χ0) is 13.3. The number of carboxylic acid groups (broad SMARTS) is 1. The van der Waals surface area contributed by atoms with E-state index < -0.39 is 16.0 Å². The second-order valence-electron chi connectivity index (χ2n) is 4.59. The highest BCUT2D eigenvalue weighted by atomic mass is 32.2. The standard InChI is InChI=1S/C11H14N2O4S/c1-7-4-9(5-7)13-18(16,17)10-3-2-8(6-12-10)11(14)15/h2-3,6-7,9,13H,4-5H2,1H3,(H,14,15). The van der Waals surface area contributed by atoms with Crippen LogP contribution in [0.1, 0.15) is 30.1 Å². The predicted molar refractivity (Wildman–Crippen MR) is 63.7 cm³/mol. The summed E-state index contributed by atoms with van der Waals surface area (Å²) in [5.41, 5.74) is -0.0359. The molecule has 1 heterocycles. The van der Waals surface area contributed by atoms with Crippen LogP contribution in [-0.4, -0.2) is 30.5 Å². The van der Waals surface area contributed by atoms with Gasteiger partial charge in [-0.15, -0.1) is 0 Å². The molecule has 0 saturated heterocycles. The number of rotatable bonds is 4. The van der Waals surface area contributed by atoms with Gasteiger partial charge in [0.1, 0.15) is 0 Å². The van der Waals surface area contributed by atoms with Crippen molar-refractivity contribution in [1.29, 1.82) is 0 Å². The van der Waals surface area contributed by atoms with Gasteiger partial charge >= 0.3 is 5.97 Å². The second kappa shape index (κ2) is 4.66. The Morgan fingerprint density at radius 3 is 2.56 bits per heavy atom. The number of pyridine rings is 1. The van der Waals surface area contributed by atoms with E-state index in [1.54, 1.807) is 0 Å². The number of hydrogen-bond donors (Lipinski definition) is 2. The van der Waals surface area contributed by atoms with Gasteiger partial charge in [0.2, 0.25) is 0 Å². The van der Waals surface area contributed by atoms with Gasteiger partial charge in [0, 0.05) is 12.2 Å². The normalized spacial score (nSPS) is 23.4. The van der Waals surface area contributed by atoms with E-state index >= 15 is 0 Å². The Hall–Kier alpha value is -1.47. The van der Waals surface area contributed by atoms with E-state index in [1.807, 2.05) is 0 Å². The molecular formula is C11H14N2O4S. The van der Waals surface area contributed by atoms with Crippen LogP contribution in [0.5, 0.6) is 0 Å². The molecule has 2 rings (SSSR count). The third-order valence-electron chi connectivity index (χ3n) is 2.95. The molecule has 1 fully saturated rings. The van der Waals surface area contributed by atoms with Crippen LogP contribution in [0.4, 0.5) is 0 Å². The summed E-state index contributed by atoms with van der Waals surface area (Å²) in [6.45, 7) is 2.06. The Morgan fingerprint density at radius 2 is 2.11 bits per heavy atom. The average molecular weight is 270 g/mol. The van der Waals surface area contributed by atoms with Crippen molar-refractivity contribution >= 4 is 16.0 Å². The maximum atomic E-state index is 11.9. The highest BCUT2D eigenvalue weighted by Crippen LogP contribution is 2.27. The minimum Gasteiger partial charge on any atom is -0.478 e. The molecule has 18 heavy (non-hydrogen) atoms. The lowest BCUT2D eigenvalue weighted by Crippen LogP contribution is -2.43. The Bertz CT molecular complexity index is 547. The van der Waals surface area contributed by atoms with E-state index in [2.05, 4.69) is 16.6 Å². The first-order valence-electron chi connectivity index (χ1n) is 5.60. The lowest BCUT2D eigenvalue weighted by Gasteiger charge is -2.32. The molecule has 1 aromatic heterocycles. The lowest BCUT2D eigenvalue weighted by molar-refractivity contribution is 0.0696. The second-order valence-corrected chi connectivity index (χ2v) is 6.25. The monoisotopic (exact) mass is 270 g/mol. The summed E-state index contributed by atoms with van der Waals surface area (Å²) in [5.74, 6) is -0.590. The van der Waals surface area contributed by atoms with Gasteiger partial charge in [0.05, 0.1) is 5.56 Å². The van der Waals surface area contributed by atoms with Crippen molar-refractivity contribution in [3.8, 4) is 0 Å². The third-order valence-corrected chi connectivity index (χ3v) is 4.39. The fourth-order valence-corrected chi connectivity index (χ4v) is 3.13. The number of aromatic carboxylic acids is 1. The molecule has 1 aliphatic carbocycles. The van der Waals surface area contributed by atoms with Crippen molar-refractivity contribution < 1.29 is 18.3 Å². The van der Waals surface area contributed by atoms with E-state index in [0.29, 0.717) is 5.92 Å². The molecule has 0 amide bonds. The minimum absolute atomic E-state index is 0.0359. The van der Waals surface area contributed by atoms with Crippen molar-refractivity contribution in [2.45, 2.75) is 30.8 Å². The minimum atomic E-state index is -3.64. The Morgan fingerprint density at radius 1 is 1.44 bits per heavy atom. The van der Waals surface area contributed by atoms with Crippen LogP contribution in [0, 0.1) is 5.92 Å². The number of aromatic nitrogens is 1. The van der Waals surface area contributed by atoms with Crippen LogP contribution < -0.4 is 4.72 Å². The van der Waals surface area contributed by atoms with Crippen molar-refractivity contribution in [2.75, 3.05) is 0 Å². The van der Waals surface area contributed by atoms with E-state index in [9.17, 15) is 13.2 Å². The van der Waals surface area contributed by atoms with Gasteiger partial charge in [0.15, 0.2) is 5.03 Å². The molecule has 1 saturated carbocycles. The smallest absolute Gasteiger partial charge is 0.337 e. The summed E-state index contributed by atoms with van der Waals surface area (Å²) < 4.78 is 26.4. The van der Waals surface area contributed by atoms with E-state index in [0.717, 1.165) is 19.0 Å². The van der Waals surface area contributed by atoms with Crippen molar-refractivity contribution in [3.63, 3.8) is 0 Å². The summed E-state index contributed by atoms with van der Waals surface area (Å²) in [4.78, 5) is 14.3. The summed E-state index contributed by atoms with van der Waals surface area (Å²) in [5, 5.41) is 8.55. The highest BCUT2D eigenvalue weighted by Gasteiger charge is 2.30. The van der Waals surface area contributed by atoms with Crippen molar-refractivity contribution in [2.24, 2.45) is 5.92 Å². The SMILES string of the molecule is CC1CC(NS(=O)(=O)c2ccc(C(=O)O)cn2)C1. The molecular weight excluding hydrogens is 256 g/mol. The summed E-state index contributed by atoms with van der Waals surface area (Å²) in [6.07, 6.45) is 2.69. The van der Waals surface area contributed by atoms with Crippen LogP contribution in [0.2, 0.25) is 0 Å². The molecule has 7 heteroatoms. The van der Waals surface area contributed by atoms with Crippen LogP contribution in [0.15, 0.2) is 23.4 Å². The molecule has 0 bridgehead atoms. The fraction of sp³-hybridized carbons (Fsp3) is 0.455. The zero-order valence-electron chi connectivity index (χ0n) is 9.83. The van der Waals surface area contributed by atoms with Gasteiger partial charge < -0.3 is 5.11 Å². The number of nitrogens with one attached hydrogen (secondary N) is 1. The molecule has 2 N–H and O–H groups in total. The predicted octanol–water partition coefficient (Wildman–Crippen LogP) is 0.857. The third kappa shape index (κ3) is 2.68. The largest absolute Gasteiger partial charge is 0.478 e. The summed E-state index contributed by atoms with van der Waals surface area (Å²) in [7, 11) is -3.64. The number of sulfonamides is 1. The molecule has 0 radical (unpaired) electrons. The number of hydrogen-bond acceptors (Lipinski definition) is 4. The Kier molecular flexibility index (Phi) is 3.36. The fourth-order valence-electron chi connectivity index (χ4n) is 1.94. The van der Waals surface area contributed by atoms with Crippen LogP contribution in [0.3, 0.4) is 0 Å². The topological polar surface area (TPSA) is 96.4 Å². The number of nitrogens with zero attached hydrogens (tertiary/aromatic N) is 1. The lowest BCUT2D eigenvalue weighted by atomic mass is 9.83. The van der Waals surface area contributed by atoms with Crippen LogP contribution in [0.25, 0.3) is 0 Å². The van der Waals surface area contributed by atoms with Crippen LogP contribution in [-0.2, 0) is 10.0 Å². The number of carbonyl (C=O) groups is 1. The maximum absolute atomic E-state index is 11.9. The average Bonchev–Trinajstić information content (AvgIpc) is 2.27. The molecule has 0 unspecified atom stereocenters. The Balaban J connectivity index is 2.12. The molecule has 1 aliphatic rings. The van der Waals surface area contributed by atoms with Gasteiger partial charge in [-0.1, -0.05) is 6.92 Å². The first-order valence-corrected chi connectivity index (χ1v) is 7.08. The molecule has 1 aromatic rings. The quantitative estimate of drug-likeness (QED) is 0.845. The van der Waals surface area contributed by atoms with E-state index in [4.69, 9.17) is 5.11 Å².